The Hall–Kier alpha value is -3.25. The van der Waals surface area contributed by atoms with E-state index in [1.165, 1.54) is 6.08 Å². The Balaban J connectivity index is 1.48. The largest absolute Gasteiger partial charge is 0.459 e. The lowest BCUT2D eigenvalue weighted by Crippen LogP contribution is -2.09. The summed E-state index contributed by atoms with van der Waals surface area (Å²) in [5.74, 6) is 1.85. The minimum absolute atomic E-state index is 0.168. The molecule has 32 heavy (non-hydrogen) atoms. The van der Waals surface area contributed by atoms with Crippen molar-refractivity contribution in [3.63, 3.8) is 0 Å². The topological polar surface area (TPSA) is 75.6 Å². The second-order valence-corrected chi connectivity index (χ2v) is 7.86. The lowest BCUT2D eigenvalue weighted by Gasteiger charge is -2.08. The van der Waals surface area contributed by atoms with Gasteiger partial charge in [0.1, 0.15) is 29.6 Å². The molecule has 162 valence electrons. The Bertz CT molecular complexity index is 1300. The van der Waals surface area contributed by atoms with Crippen molar-refractivity contribution in [1.82, 2.24) is 0 Å². The van der Waals surface area contributed by atoms with Gasteiger partial charge in [-0.3, -0.25) is 4.79 Å². The number of aliphatic hydroxyl groups is 1. The summed E-state index contributed by atoms with van der Waals surface area (Å²) in [5.41, 5.74) is 3.03. The van der Waals surface area contributed by atoms with Gasteiger partial charge in [-0.05, 0) is 61.0 Å². The number of furan rings is 2. The zero-order valence-electron chi connectivity index (χ0n) is 17.1. The number of halogens is 2. The maximum absolute atomic E-state index is 12.5. The molecule has 0 saturated heterocycles. The molecule has 1 amide bonds. The highest BCUT2D eigenvalue weighted by molar-refractivity contribution is 6.43. The minimum atomic E-state index is -0.306. The Morgan fingerprint density at radius 3 is 2.62 bits per heavy atom. The first kappa shape index (κ1) is 22.0. The van der Waals surface area contributed by atoms with E-state index in [4.69, 9.17) is 32.0 Å². The van der Waals surface area contributed by atoms with Crippen molar-refractivity contribution in [3.05, 3.63) is 93.9 Å². The van der Waals surface area contributed by atoms with Gasteiger partial charge < -0.3 is 19.3 Å². The average Bonchev–Trinajstić information content (AvgIpc) is 3.45. The Morgan fingerprint density at radius 1 is 1.03 bits per heavy atom. The second kappa shape index (κ2) is 9.49. The summed E-state index contributed by atoms with van der Waals surface area (Å²) in [4.78, 5) is 12.5. The second-order valence-electron chi connectivity index (χ2n) is 7.08. The molecule has 5 nitrogen and oxygen atoms in total. The molecule has 4 aromatic rings. The maximum atomic E-state index is 12.5. The fraction of sp³-hybridized carbons (Fsp3) is 0.0800. The summed E-state index contributed by atoms with van der Waals surface area (Å²) in [7, 11) is 0. The molecule has 7 heteroatoms. The molecule has 2 heterocycles. The van der Waals surface area contributed by atoms with Gasteiger partial charge in [-0.1, -0.05) is 41.4 Å². The van der Waals surface area contributed by atoms with Gasteiger partial charge in [-0.15, -0.1) is 0 Å². The van der Waals surface area contributed by atoms with Crippen LogP contribution in [-0.4, -0.2) is 11.0 Å². The molecule has 0 saturated carbocycles. The number of hydrogen-bond donors (Lipinski definition) is 2. The number of anilines is 1. The molecule has 0 bridgehead atoms. The van der Waals surface area contributed by atoms with Crippen LogP contribution in [0, 0.1) is 6.92 Å². The summed E-state index contributed by atoms with van der Waals surface area (Å²) in [6.07, 6.45) is 2.97. The third-order valence-corrected chi connectivity index (χ3v) is 5.66. The minimum Gasteiger partial charge on any atom is -0.459 e. The van der Waals surface area contributed by atoms with Crippen molar-refractivity contribution in [1.29, 1.82) is 0 Å². The maximum Gasteiger partial charge on any atom is 0.248 e. The van der Waals surface area contributed by atoms with E-state index in [2.05, 4.69) is 5.32 Å². The zero-order valence-corrected chi connectivity index (χ0v) is 18.6. The van der Waals surface area contributed by atoms with Crippen LogP contribution in [0.2, 0.25) is 10.0 Å². The summed E-state index contributed by atoms with van der Waals surface area (Å²) in [6, 6.07) is 17.9. The lowest BCUT2D eigenvalue weighted by atomic mass is 10.1. The van der Waals surface area contributed by atoms with Crippen molar-refractivity contribution in [2.45, 2.75) is 13.5 Å². The molecule has 2 N–H and O–H groups in total. The van der Waals surface area contributed by atoms with Crippen molar-refractivity contribution in [2.24, 2.45) is 0 Å². The molecule has 0 radical (unpaired) electrons. The average molecular weight is 468 g/mol. The number of benzene rings is 2. The quantitative estimate of drug-likeness (QED) is 0.300. The number of nitrogens with one attached hydrogen (secondary N) is 1. The van der Waals surface area contributed by atoms with Crippen LogP contribution < -0.4 is 5.32 Å². The predicted molar refractivity (Wildman–Crippen MR) is 127 cm³/mol. The van der Waals surface area contributed by atoms with Gasteiger partial charge in [0.2, 0.25) is 5.91 Å². The van der Waals surface area contributed by atoms with Gasteiger partial charge in [0, 0.05) is 22.9 Å². The molecule has 2 aromatic heterocycles. The lowest BCUT2D eigenvalue weighted by molar-refractivity contribution is -0.111. The zero-order chi connectivity index (χ0) is 22.7. The first-order valence-corrected chi connectivity index (χ1v) is 10.5. The first-order chi connectivity index (χ1) is 15.4. The van der Waals surface area contributed by atoms with Crippen LogP contribution in [0.3, 0.4) is 0 Å². The Morgan fingerprint density at radius 2 is 1.84 bits per heavy atom. The third-order valence-electron chi connectivity index (χ3n) is 4.84. The van der Waals surface area contributed by atoms with Crippen LogP contribution in [0.15, 0.2) is 75.6 Å². The summed E-state index contributed by atoms with van der Waals surface area (Å²) >= 11 is 12.3. The highest BCUT2D eigenvalue weighted by atomic mass is 35.5. The third kappa shape index (κ3) is 4.81. The monoisotopic (exact) mass is 467 g/mol. The van der Waals surface area contributed by atoms with Crippen LogP contribution in [-0.2, 0) is 11.4 Å². The first-order valence-electron chi connectivity index (χ1n) is 9.78. The van der Waals surface area contributed by atoms with E-state index < -0.39 is 0 Å². The number of carbonyl (C=O) groups excluding carboxylic acids is 1. The Labute approximate surface area is 194 Å². The van der Waals surface area contributed by atoms with E-state index in [9.17, 15) is 9.90 Å². The van der Waals surface area contributed by atoms with Gasteiger partial charge in [0.15, 0.2) is 0 Å². The van der Waals surface area contributed by atoms with Crippen LogP contribution in [0.25, 0.3) is 28.7 Å². The highest BCUT2D eigenvalue weighted by Gasteiger charge is 2.11. The van der Waals surface area contributed by atoms with Gasteiger partial charge in [-0.2, -0.15) is 0 Å². The predicted octanol–water partition coefficient (Wildman–Crippen LogP) is 6.97. The fourth-order valence-electron chi connectivity index (χ4n) is 3.14. The van der Waals surface area contributed by atoms with E-state index in [-0.39, 0.29) is 12.5 Å². The summed E-state index contributed by atoms with van der Waals surface area (Å²) < 4.78 is 11.3. The molecular weight excluding hydrogens is 449 g/mol. The number of rotatable bonds is 6. The smallest absolute Gasteiger partial charge is 0.248 e. The van der Waals surface area contributed by atoms with Gasteiger partial charge in [-0.25, -0.2) is 0 Å². The van der Waals surface area contributed by atoms with E-state index in [1.807, 2.05) is 31.2 Å². The van der Waals surface area contributed by atoms with Gasteiger partial charge in [0.25, 0.3) is 0 Å². The van der Waals surface area contributed by atoms with Gasteiger partial charge >= 0.3 is 0 Å². The number of hydrogen-bond acceptors (Lipinski definition) is 4. The number of aryl methyl sites for hydroxylation is 1. The van der Waals surface area contributed by atoms with Gasteiger partial charge in [0.05, 0.1) is 10.0 Å². The normalized spacial score (nSPS) is 11.2. The molecule has 0 atom stereocenters. The standard InChI is InChI=1S/C25H19Cl2NO4/c1-15-5-6-16(22-10-8-18(14-29)32-22)13-21(15)28-24(30)12-9-17-7-11-23(31-17)19-3-2-4-20(26)25(19)27/h2-13,29H,14H2,1H3,(H,28,30)/b12-9+. The molecule has 0 aliphatic carbocycles. The Kier molecular flexibility index (Phi) is 6.51. The molecule has 0 spiro atoms. The van der Waals surface area contributed by atoms with E-state index >= 15 is 0 Å². The summed E-state index contributed by atoms with van der Waals surface area (Å²) in [5, 5.41) is 12.9. The number of amides is 1. The van der Waals surface area contributed by atoms with Crippen molar-refractivity contribution in [3.8, 4) is 22.6 Å². The van der Waals surface area contributed by atoms with Crippen molar-refractivity contribution < 1.29 is 18.7 Å². The highest BCUT2D eigenvalue weighted by Crippen LogP contribution is 2.34. The molecule has 0 aliphatic heterocycles. The van der Waals surface area contributed by atoms with E-state index in [0.717, 1.165) is 11.1 Å². The van der Waals surface area contributed by atoms with Crippen molar-refractivity contribution in [2.75, 3.05) is 5.32 Å². The van der Waals surface area contributed by atoms with Crippen LogP contribution in [0.5, 0.6) is 0 Å². The van der Waals surface area contributed by atoms with Crippen LogP contribution >= 0.6 is 23.2 Å². The molecular formula is C25H19Cl2NO4. The summed E-state index contributed by atoms with van der Waals surface area (Å²) in [6.45, 7) is 1.73. The van der Waals surface area contributed by atoms with E-state index in [0.29, 0.717) is 44.3 Å². The fourth-order valence-corrected chi connectivity index (χ4v) is 3.54. The van der Waals surface area contributed by atoms with E-state index in [1.54, 1.807) is 42.5 Å². The van der Waals surface area contributed by atoms with Crippen LogP contribution in [0.4, 0.5) is 5.69 Å². The molecule has 0 fully saturated rings. The molecule has 4 rings (SSSR count). The molecule has 0 unspecified atom stereocenters. The SMILES string of the molecule is Cc1ccc(-c2ccc(CO)o2)cc1NC(=O)/C=C/c1ccc(-c2cccc(Cl)c2Cl)o1. The number of carbonyl (C=O) groups is 1. The number of aliphatic hydroxyl groups excluding tert-OH is 1. The van der Waals surface area contributed by atoms with Crippen LogP contribution in [0.1, 0.15) is 17.1 Å². The molecule has 2 aromatic carbocycles. The van der Waals surface area contributed by atoms with Crippen molar-refractivity contribution >= 4 is 40.9 Å². The molecule has 0 aliphatic rings.